The monoisotopic (exact) mass is 241 g/mol. The molecule has 0 atom stereocenters. The largest absolute Gasteiger partial charge is 0.322 e. The first kappa shape index (κ1) is 13.3. The van der Waals surface area contributed by atoms with Crippen LogP contribution in [-0.2, 0) is 4.79 Å². The van der Waals surface area contributed by atoms with Crippen molar-refractivity contribution in [3.05, 3.63) is 29.3 Å². The van der Waals surface area contributed by atoms with E-state index in [1.807, 2.05) is 0 Å². The normalized spacial score (nSPS) is 11.1. The Balaban J connectivity index is 3.09. The van der Waals surface area contributed by atoms with Crippen LogP contribution in [0, 0.1) is 6.92 Å². The summed E-state index contributed by atoms with van der Waals surface area (Å²) in [5.41, 5.74) is 1.10. The number of hydrogen-bond donors (Lipinski definition) is 1. The van der Waals surface area contributed by atoms with Crippen LogP contribution in [0.2, 0.25) is 0 Å². The number of carbonyl (C=O) groups is 2. The molecule has 0 radical (unpaired) electrons. The van der Waals surface area contributed by atoms with Gasteiger partial charge in [0.15, 0.2) is 5.78 Å². The van der Waals surface area contributed by atoms with Gasteiger partial charge in [0.2, 0.25) is 0 Å². The maximum Gasteiger partial charge on any atom is 0.322 e. The average molecular weight is 241 g/mol. The fourth-order valence-electron chi connectivity index (χ4n) is 1.30. The molecular weight excluding hydrogens is 228 g/mol. The van der Waals surface area contributed by atoms with Crippen LogP contribution in [0.15, 0.2) is 18.2 Å². The molecule has 0 aliphatic rings. The number of alkyl halides is 2. The number of halogens is 2. The number of nitrogens with one attached hydrogen (secondary N) is 1. The van der Waals surface area contributed by atoms with Crippen molar-refractivity contribution in [3.63, 3.8) is 0 Å². The summed E-state index contributed by atoms with van der Waals surface area (Å²) in [6.45, 7) is 3.56. The first-order valence-corrected chi connectivity index (χ1v) is 5.02. The molecule has 0 bridgehead atoms. The molecule has 0 spiro atoms. The van der Waals surface area contributed by atoms with Crippen molar-refractivity contribution in [1.29, 1.82) is 0 Å². The van der Waals surface area contributed by atoms with Gasteiger partial charge in [-0.3, -0.25) is 9.59 Å². The fraction of sp³-hybridized carbons (Fsp3) is 0.333. The number of amides is 1. The predicted molar refractivity (Wildman–Crippen MR) is 60.4 cm³/mol. The summed E-state index contributed by atoms with van der Waals surface area (Å²) in [7, 11) is 0. The van der Waals surface area contributed by atoms with Gasteiger partial charge in [-0.25, -0.2) is 0 Å². The van der Waals surface area contributed by atoms with Gasteiger partial charge in [0.05, 0.1) is 5.69 Å². The molecule has 1 rings (SSSR count). The molecule has 3 nitrogen and oxygen atoms in total. The van der Waals surface area contributed by atoms with Gasteiger partial charge in [-0.15, -0.1) is 0 Å². The molecule has 1 aromatic carbocycles. The van der Waals surface area contributed by atoms with E-state index in [1.54, 1.807) is 13.0 Å². The first-order valence-electron chi connectivity index (χ1n) is 5.02. The third-order valence-corrected chi connectivity index (χ3v) is 2.20. The number of carbonyl (C=O) groups excluding carboxylic acids is 2. The van der Waals surface area contributed by atoms with Gasteiger partial charge in [0, 0.05) is 12.5 Å². The molecule has 5 heteroatoms. The Bertz CT molecular complexity index is 464. The highest BCUT2D eigenvalue weighted by Crippen LogP contribution is 2.21. The second-order valence-corrected chi connectivity index (χ2v) is 3.95. The number of hydrogen-bond acceptors (Lipinski definition) is 2. The zero-order valence-corrected chi connectivity index (χ0v) is 9.80. The SMILES string of the molecule is CC(=O)c1ccc(C)cc1NC(=O)C(C)(F)F. The molecule has 0 saturated carbocycles. The summed E-state index contributed by atoms with van der Waals surface area (Å²) in [6, 6.07) is 4.66. The van der Waals surface area contributed by atoms with Crippen LogP contribution in [0.5, 0.6) is 0 Å². The van der Waals surface area contributed by atoms with Crippen LogP contribution >= 0.6 is 0 Å². The van der Waals surface area contributed by atoms with E-state index in [9.17, 15) is 18.4 Å². The number of benzene rings is 1. The molecule has 92 valence electrons. The Morgan fingerprint density at radius 2 is 1.88 bits per heavy atom. The van der Waals surface area contributed by atoms with E-state index in [1.165, 1.54) is 19.1 Å². The molecular formula is C12H13F2NO2. The smallest absolute Gasteiger partial charge is 0.320 e. The molecule has 0 fully saturated rings. The highest BCUT2D eigenvalue weighted by atomic mass is 19.3. The maximum absolute atomic E-state index is 12.7. The van der Waals surface area contributed by atoms with Gasteiger partial charge in [-0.1, -0.05) is 6.07 Å². The second-order valence-electron chi connectivity index (χ2n) is 3.95. The molecule has 0 aliphatic carbocycles. The lowest BCUT2D eigenvalue weighted by molar-refractivity contribution is -0.137. The number of ketones is 1. The minimum absolute atomic E-state index is 0.115. The zero-order valence-electron chi connectivity index (χ0n) is 9.80. The van der Waals surface area contributed by atoms with Gasteiger partial charge >= 0.3 is 5.92 Å². The van der Waals surface area contributed by atoms with E-state index in [4.69, 9.17) is 0 Å². The van der Waals surface area contributed by atoms with Gasteiger partial charge in [-0.05, 0) is 31.5 Å². The zero-order chi connectivity index (χ0) is 13.2. The van der Waals surface area contributed by atoms with Gasteiger partial charge in [0.25, 0.3) is 5.91 Å². The van der Waals surface area contributed by atoms with E-state index >= 15 is 0 Å². The summed E-state index contributed by atoms with van der Waals surface area (Å²) < 4.78 is 25.5. The Kier molecular flexibility index (Phi) is 3.60. The number of aryl methyl sites for hydroxylation is 1. The number of rotatable bonds is 3. The van der Waals surface area contributed by atoms with Crippen molar-refractivity contribution in [2.45, 2.75) is 26.7 Å². The molecule has 1 N–H and O–H groups in total. The van der Waals surface area contributed by atoms with Crippen LogP contribution in [0.1, 0.15) is 29.8 Å². The highest BCUT2D eigenvalue weighted by molar-refractivity contribution is 6.05. The molecule has 17 heavy (non-hydrogen) atoms. The summed E-state index contributed by atoms with van der Waals surface area (Å²) in [5, 5.41) is 2.06. The van der Waals surface area contributed by atoms with E-state index in [0.717, 1.165) is 5.56 Å². The minimum atomic E-state index is -3.47. The molecule has 0 aromatic heterocycles. The van der Waals surface area contributed by atoms with E-state index in [-0.39, 0.29) is 17.0 Å². The van der Waals surface area contributed by atoms with Crippen LogP contribution in [0.4, 0.5) is 14.5 Å². The fourth-order valence-corrected chi connectivity index (χ4v) is 1.30. The Labute approximate surface area is 97.8 Å². The summed E-state index contributed by atoms with van der Waals surface area (Å²) in [4.78, 5) is 22.4. The lowest BCUT2D eigenvalue weighted by Crippen LogP contribution is -2.31. The quantitative estimate of drug-likeness (QED) is 0.827. The maximum atomic E-state index is 12.7. The van der Waals surface area contributed by atoms with Crippen LogP contribution < -0.4 is 5.32 Å². The average Bonchev–Trinajstić information content (AvgIpc) is 2.15. The highest BCUT2D eigenvalue weighted by Gasteiger charge is 2.32. The number of Topliss-reactive ketones (excluding diaryl/α,β-unsaturated/α-hetero) is 1. The summed E-state index contributed by atoms with van der Waals surface area (Å²) >= 11 is 0. The summed E-state index contributed by atoms with van der Waals surface area (Å²) in [5.74, 6) is -5.19. The Hall–Kier alpha value is -1.78. The van der Waals surface area contributed by atoms with E-state index in [0.29, 0.717) is 6.92 Å². The molecule has 1 amide bonds. The topological polar surface area (TPSA) is 46.2 Å². The first-order chi connectivity index (χ1) is 7.71. The lowest BCUT2D eigenvalue weighted by atomic mass is 10.1. The molecule has 0 heterocycles. The van der Waals surface area contributed by atoms with Crippen LogP contribution in [0.25, 0.3) is 0 Å². The van der Waals surface area contributed by atoms with Crippen molar-refractivity contribution in [2.24, 2.45) is 0 Å². The third kappa shape index (κ3) is 3.34. The molecule has 0 saturated heterocycles. The second kappa shape index (κ2) is 4.61. The minimum Gasteiger partial charge on any atom is -0.320 e. The van der Waals surface area contributed by atoms with Gasteiger partial charge in [-0.2, -0.15) is 8.78 Å². The standard InChI is InChI=1S/C12H13F2NO2/c1-7-4-5-9(8(2)16)10(6-7)15-11(17)12(3,13)14/h4-6H,1-3H3,(H,15,17). The van der Waals surface area contributed by atoms with Gasteiger partial charge in [0.1, 0.15) is 0 Å². The summed E-state index contributed by atoms with van der Waals surface area (Å²) in [6.07, 6.45) is 0. The van der Waals surface area contributed by atoms with Crippen molar-refractivity contribution in [1.82, 2.24) is 0 Å². The van der Waals surface area contributed by atoms with E-state index in [2.05, 4.69) is 5.32 Å². The third-order valence-electron chi connectivity index (χ3n) is 2.20. The van der Waals surface area contributed by atoms with Crippen molar-refractivity contribution in [2.75, 3.05) is 5.32 Å². The lowest BCUT2D eigenvalue weighted by Gasteiger charge is -2.13. The van der Waals surface area contributed by atoms with Crippen molar-refractivity contribution in [3.8, 4) is 0 Å². The van der Waals surface area contributed by atoms with E-state index < -0.39 is 11.8 Å². The van der Waals surface area contributed by atoms with Crippen molar-refractivity contribution >= 4 is 17.4 Å². The molecule has 0 unspecified atom stereocenters. The number of anilines is 1. The Morgan fingerprint density at radius 3 is 2.35 bits per heavy atom. The Morgan fingerprint density at radius 1 is 1.29 bits per heavy atom. The van der Waals surface area contributed by atoms with Gasteiger partial charge < -0.3 is 5.32 Å². The van der Waals surface area contributed by atoms with Crippen LogP contribution in [0.3, 0.4) is 0 Å². The molecule has 0 aliphatic heterocycles. The molecule has 1 aromatic rings. The van der Waals surface area contributed by atoms with Crippen molar-refractivity contribution < 1.29 is 18.4 Å². The van der Waals surface area contributed by atoms with Crippen LogP contribution in [-0.4, -0.2) is 17.6 Å². The predicted octanol–water partition coefficient (Wildman–Crippen LogP) is 2.79.